The highest BCUT2D eigenvalue weighted by Gasteiger charge is 2.40. The standard InChI is InChI=1S/C38H24NOP/c40-41(28-11-2-1-3-12-28)37-17-9-7-15-32(37)34-23-36-33(24-38(34)41)31-14-6-8-16-35(31)39(36)27-20-21-30-26(22-27)19-18-25-10-4-5-13-29(25)30/h1-24H. The van der Waals surface area contributed by atoms with Crippen molar-refractivity contribution in [3.63, 3.8) is 0 Å². The lowest BCUT2D eigenvalue weighted by Crippen LogP contribution is -2.20. The zero-order chi connectivity index (χ0) is 27.1. The van der Waals surface area contributed by atoms with Crippen molar-refractivity contribution in [2.24, 2.45) is 0 Å². The van der Waals surface area contributed by atoms with Crippen molar-refractivity contribution in [2.45, 2.75) is 0 Å². The van der Waals surface area contributed by atoms with Crippen molar-refractivity contribution in [3.8, 4) is 16.8 Å². The minimum absolute atomic E-state index is 0.885. The van der Waals surface area contributed by atoms with E-state index in [1.807, 2.05) is 42.5 Å². The molecule has 0 radical (unpaired) electrons. The molecule has 0 spiro atoms. The molecule has 9 rings (SSSR count). The molecule has 1 aliphatic heterocycles. The van der Waals surface area contributed by atoms with Crippen molar-refractivity contribution < 1.29 is 4.57 Å². The van der Waals surface area contributed by atoms with Gasteiger partial charge in [-0.25, -0.2) is 0 Å². The van der Waals surface area contributed by atoms with E-state index in [0.29, 0.717) is 0 Å². The minimum Gasteiger partial charge on any atom is -0.309 e. The molecule has 2 nitrogen and oxygen atoms in total. The molecule has 0 bridgehead atoms. The molecule has 1 aliphatic rings. The zero-order valence-corrected chi connectivity index (χ0v) is 23.1. The fourth-order valence-electron chi connectivity index (χ4n) is 6.92. The van der Waals surface area contributed by atoms with Crippen molar-refractivity contribution in [3.05, 3.63) is 146 Å². The van der Waals surface area contributed by atoms with Gasteiger partial charge in [0, 0.05) is 32.4 Å². The van der Waals surface area contributed by atoms with Gasteiger partial charge < -0.3 is 9.13 Å². The summed E-state index contributed by atoms with van der Waals surface area (Å²) in [7, 11) is -3.01. The molecule has 1 atom stereocenters. The summed E-state index contributed by atoms with van der Waals surface area (Å²) in [5.41, 5.74) is 5.53. The molecular formula is C38H24NOP. The van der Waals surface area contributed by atoms with E-state index in [2.05, 4.69) is 108 Å². The summed E-state index contributed by atoms with van der Waals surface area (Å²) in [6, 6.07) is 51.1. The van der Waals surface area contributed by atoms with E-state index in [4.69, 9.17) is 0 Å². The molecule has 3 heteroatoms. The Morgan fingerprint density at radius 1 is 0.439 bits per heavy atom. The summed E-state index contributed by atoms with van der Waals surface area (Å²) >= 11 is 0. The lowest BCUT2D eigenvalue weighted by atomic mass is 10.0. The molecule has 0 aliphatic carbocycles. The first kappa shape index (κ1) is 22.9. The van der Waals surface area contributed by atoms with Gasteiger partial charge in [0.15, 0.2) is 7.14 Å². The predicted octanol–water partition coefficient (Wildman–Crippen LogP) is 8.71. The van der Waals surface area contributed by atoms with E-state index in [9.17, 15) is 0 Å². The van der Waals surface area contributed by atoms with Crippen LogP contribution in [0.5, 0.6) is 0 Å². The maximum Gasteiger partial charge on any atom is 0.172 e. The summed E-state index contributed by atoms with van der Waals surface area (Å²) < 4.78 is 17.5. The molecule has 0 saturated carbocycles. The van der Waals surface area contributed by atoms with Crippen molar-refractivity contribution >= 4 is 66.4 Å². The van der Waals surface area contributed by atoms with Crippen LogP contribution in [0.15, 0.2) is 146 Å². The second-order valence-corrected chi connectivity index (χ2v) is 13.6. The van der Waals surface area contributed by atoms with Crippen LogP contribution < -0.4 is 15.9 Å². The van der Waals surface area contributed by atoms with E-state index in [-0.39, 0.29) is 0 Å². The maximum atomic E-state index is 15.2. The van der Waals surface area contributed by atoms with Crippen LogP contribution in [0.1, 0.15) is 0 Å². The first-order valence-electron chi connectivity index (χ1n) is 14.0. The zero-order valence-electron chi connectivity index (χ0n) is 22.2. The first-order chi connectivity index (χ1) is 20.2. The quantitative estimate of drug-likeness (QED) is 0.158. The Hall–Kier alpha value is -4.91. The van der Waals surface area contributed by atoms with Gasteiger partial charge in [0.25, 0.3) is 0 Å². The van der Waals surface area contributed by atoms with Gasteiger partial charge in [-0.1, -0.05) is 115 Å². The number of nitrogens with zero attached hydrogens (tertiary/aromatic N) is 1. The summed E-state index contributed by atoms with van der Waals surface area (Å²) in [6.45, 7) is 0. The number of hydrogen-bond acceptors (Lipinski definition) is 1. The van der Waals surface area contributed by atoms with E-state index in [1.54, 1.807) is 0 Å². The van der Waals surface area contributed by atoms with Crippen LogP contribution in [-0.2, 0) is 4.57 Å². The predicted molar refractivity (Wildman–Crippen MR) is 174 cm³/mol. The number of hydrogen-bond donors (Lipinski definition) is 0. The van der Waals surface area contributed by atoms with E-state index >= 15 is 4.57 Å². The fourth-order valence-corrected chi connectivity index (χ4v) is 9.99. The fraction of sp³-hybridized carbons (Fsp3) is 0. The third kappa shape index (κ3) is 3.06. The third-order valence-electron chi connectivity index (χ3n) is 8.77. The Morgan fingerprint density at radius 3 is 2.05 bits per heavy atom. The van der Waals surface area contributed by atoms with Gasteiger partial charge in [-0.15, -0.1) is 0 Å². The van der Waals surface area contributed by atoms with Crippen LogP contribution in [0.25, 0.3) is 60.2 Å². The molecule has 1 aromatic heterocycles. The largest absolute Gasteiger partial charge is 0.309 e. The Bertz CT molecular complexity index is 2400. The van der Waals surface area contributed by atoms with Gasteiger partial charge >= 0.3 is 0 Å². The lowest BCUT2D eigenvalue weighted by Gasteiger charge is -2.16. The highest BCUT2D eigenvalue weighted by Crippen LogP contribution is 2.53. The van der Waals surface area contributed by atoms with Crippen LogP contribution in [-0.4, -0.2) is 4.57 Å². The molecule has 8 aromatic rings. The second kappa shape index (κ2) is 8.30. The molecule has 2 heterocycles. The van der Waals surface area contributed by atoms with E-state index in [0.717, 1.165) is 49.1 Å². The van der Waals surface area contributed by atoms with Crippen LogP contribution >= 0.6 is 7.14 Å². The van der Waals surface area contributed by atoms with Gasteiger partial charge in [0.1, 0.15) is 0 Å². The van der Waals surface area contributed by atoms with E-state index in [1.165, 1.54) is 26.9 Å². The van der Waals surface area contributed by atoms with Gasteiger partial charge in [-0.3, -0.25) is 0 Å². The van der Waals surface area contributed by atoms with Gasteiger partial charge in [-0.2, -0.15) is 0 Å². The third-order valence-corrected chi connectivity index (χ3v) is 11.9. The van der Waals surface area contributed by atoms with Crippen LogP contribution in [0.2, 0.25) is 0 Å². The van der Waals surface area contributed by atoms with Gasteiger partial charge in [-0.05, 0) is 63.0 Å². The Kier molecular flexibility index (Phi) is 4.63. The van der Waals surface area contributed by atoms with Crippen molar-refractivity contribution in [1.82, 2.24) is 4.57 Å². The Labute approximate surface area is 237 Å². The highest BCUT2D eigenvalue weighted by molar-refractivity contribution is 7.86. The van der Waals surface area contributed by atoms with Crippen LogP contribution in [0.4, 0.5) is 0 Å². The SMILES string of the molecule is O=P1(c2ccccc2)c2ccccc2-c2cc3c(cc21)c1ccccc1n3-c1ccc2c(ccc3ccccc32)c1. The molecule has 41 heavy (non-hydrogen) atoms. The number of aromatic nitrogens is 1. The van der Waals surface area contributed by atoms with Crippen molar-refractivity contribution in [2.75, 3.05) is 0 Å². The van der Waals surface area contributed by atoms with Gasteiger partial charge in [0.05, 0.1) is 11.0 Å². The molecule has 192 valence electrons. The molecule has 0 N–H and O–H groups in total. The van der Waals surface area contributed by atoms with Crippen LogP contribution in [0, 0.1) is 0 Å². The number of fused-ring (bicyclic) bond motifs is 9. The molecule has 0 fully saturated rings. The second-order valence-electron chi connectivity index (χ2n) is 10.9. The smallest absolute Gasteiger partial charge is 0.172 e. The highest BCUT2D eigenvalue weighted by atomic mass is 31.2. The summed E-state index contributed by atoms with van der Waals surface area (Å²) in [4.78, 5) is 0. The van der Waals surface area contributed by atoms with Crippen LogP contribution in [0.3, 0.4) is 0 Å². The Balaban J connectivity index is 1.37. The molecular weight excluding hydrogens is 517 g/mol. The number of para-hydroxylation sites is 1. The van der Waals surface area contributed by atoms with Crippen molar-refractivity contribution in [1.29, 1.82) is 0 Å². The van der Waals surface area contributed by atoms with Gasteiger partial charge in [0.2, 0.25) is 0 Å². The molecule has 0 saturated heterocycles. The number of rotatable bonds is 2. The summed E-state index contributed by atoms with van der Waals surface area (Å²) in [5.74, 6) is 0. The average Bonchev–Trinajstić information content (AvgIpc) is 3.50. The topological polar surface area (TPSA) is 22.0 Å². The monoisotopic (exact) mass is 541 g/mol. The first-order valence-corrected chi connectivity index (χ1v) is 15.7. The minimum atomic E-state index is -3.01. The maximum absolute atomic E-state index is 15.2. The lowest BCUT2D eigenvalue weighted by molar-refractivity contribution is 0.593. The normalized spacial score (nSPS) is 16.0. The molecule has 7 aromatic carbocycles. The summed E-state index contributed by atoms with van der Waals surface area (Å²) in [6.07, 6.45) is 0. The summed E-state index contributed by atoms with van der Waals surface area (Å²) in [5, 5.41) is 10.0. The molecule has 1 unspecified atom stereocenters. The van der Waals surface area contributed by atoms with E-state index < -0.39 is 7.14 Å². The average molecular weight is 542 g/mol. The Morgan fingerprint density at radius 2 is 1.15 bits per heavy atom. The molecule has 0 amide bonds. The number of benzene rings is 7.